The van der Waals surface area contributed by atoms with Gasteiger partial charge in [0.15, 0.2) is 8.32 Å². The lowest BCUT2D eigenvalue weighted by Crippen LogP contribution is -2.46. The topological polar surface area (TPSA) is 18.5 Å². The Bertz CT molecular complexity index is 631. The molecule has 0 spiro atoms. The standard InChI is InChI=1S/C24H42O2Si2/c1-10-22(17-19-27(5,6)7)23(26-28(8,9)24(2,3)4)16-18-25-20-21-14-12-11-13-15-21/h11-15,22-23H,10,16,18,20H2,1-9H3/t22-,23+/m1/s1. The maximum Gasteiger partial charge on any atom is 0.192 e. The molecule has 2 nitrogen and oxygen atoms in total. The van der Waals surface area contributed by atoms with E-state index >= 15 is 0 Å². The Morgan fingerprint density at radius 1 is 1.00 bits per heavy atom. The van der Waals surface area contributed by atoms with Gasteiger partial charge < -0.3 is 9.16 Å². The van der Waals surface area contributed by atoms with Crippen molar-refractivity contribution in [3.63, 3.8) is 0 Å². The number of benzene rings is 1. The second-order valence-electron chi connectivity index (χ2n) is 10.3. The lowest BCUT2D eigenvalue weighted by Gasteiger charge is -2.40. The predicted octanol–water partition coefficient (Wildman–Crippen LogP) is 6.89. The summed E-state index contributed by atoms with van der Waals surface area (Å²) in [6.07, 6.45) is 2.07. The number of hydrogen-bond acceptors (Lipinski definition) is 2. The van der Waals surface area contributed by atoms with Crippen molar-refractivity contribution in [3.05, 3.63) is 35.9 Å². The SMILES string of the molecule is CC[C@H](C#C[Si](C)(C)C)[C@H](CCOCc1ccccc1)O[Si](C)(C)C(C)(C)C. The molecule has 2 atom stereocenters. The molecule has 0 heterocycles. The molecule has 4 heteroatoms. The zero-order valence-corrected chi connectivity index (χ0v) is 21.7. The molecule has 0 aliphatic rings. The van der Waals surface area contributed by atoms with Crippen LogP contribution in [0.2, 0.25) is 37.8 Å². The smallest absolute Gasteiger partial charge is 0.192 e. The molecule has 28 heavy (non-hydrogen) atoms. The minimum atomic E-state index is -1.86. The Balaban J connectivity index is 2.85. The van der Waals surface area contributed by atoms with E-state index in [1.807, 2.05) is 6.07 Å². The van der Waals surface area contributed by atoms with Gasteiger partial charge in [0.2, 0.25) is 0 Å². The fraction of sp³-hybridized carbons (Fsp3) is 0.667. The molecule has 0 amide bonds. The first-order valence-corrected chi connectivity index (χ1v) is 17.1. The molecule has 0 radical (unpaired) electrons. The molecule has 0 saturated carbocycles. The molecule has 1 aromatic carbocycles. The van der Waals surface area contributed by atoms with Gasteiger partial charge in [0, 0.05) is 12.5 Å². The van der Waals surface area contributed by atoms with Crippen LogP contribution in [0, 0.1) is 17.4 Å². The monoisotopic (exact) mass is 418 g/mol. The summed E-state index contributed by atoms with van der Waals surface area (Å²) in [5.74, 6) is 3.87. The Labute approximate surface area is 176 Å². The second-order valence-corrected chi connectivity index (χ2v) is 19.8. The highest BCUT2D eigenvalue weighted by atomic mass is 28.4. The quantitative estimate of drug-likeness (QED) is 0.247. The van der Waals surface area contributed by atoms with E-state index in [1.54, 1.807) is 0 Å². The summed E-state index contributed by atoms with van der Waals surface area (Å²) in [4.78, 5) is 0. The zero-order chi connectivity index (χ0) is 21.4. The Hall–Kier alpha value is -0.866. The van der Waals surface area contributed by atoms with Crippen molar-refractivity contribution in [2.45, 2.75) is 91.0 Å². The van der Waals surface area contributed by atoms with Crippen LogP contribution in [0.25, 0.3) is 0 Å². The summed E-state index contributed by atoms with van der Waals surface area (Å²) < 4.78 is 12.8. The lowest BCUT2D eigenvalue weighted by atomic mass is 9.98. The first-order chi connectivity index (χ1) is 12.9. The molecule has 158 valence electrons. The van der Waals surface area contributed by atoms with Crippen molar-refractivity contribution in [1.29, 1.82) is 0 Å². The molecule has 0 saturated heterocycles. The molecule has 0 aliphatic carbocycles. The summed E-state index contributed by atoms with van der Waals surface area (Å²) in [6, 6.07) is 10.4. The van der Waals surface area contributed by atoms with E-state index in [1.165, 1.54) is 5.56 Å². The van der Waals surface area contributed by atoms with E-state index in [0.717, 1.165) is 12.8 Å². The molecule has 0 N–H and O–H groups in total. The van der Waals surface area contributed by atoms with Crippen molar-refractivity contribution < 1.29 is 9.16 Å². The van der Waals surface area contributed by atoms with Crippen molar-refractivity contribution in [1.82, 2.24) is 0 Å². The lowest BCUT2D eigenvalue weighted by molar-refractivity contribution is 0.0620. The van der Waals surface area contributed by atoms with Crippen LogP contribution in [0.1, 0.15) is 46.1 Å². The minimum absolute atomic E-state index is 0.144. The van der Waals surface area contributed by atoms with Gasteiger partial charge in [0.25, 0.3) is 0 Å². The van der Waals surface area contributed by atoms with Crippen LogP contribution in [-0.4, -0.2) is 29.1 Å². The molecule has 0 aliphatic heterocycles. The summed E-state index contributed by atoms with van der Waals surface area (Å²) in [5.41, 5.74) is 4.80. The largest absolute Gasteiger partial charge is 0.413 e. The van der Waals surface area contributed by atoms with Crippen molar-refractivity contribution in [2.24, 2.45) is 5.92 Å². The molecule has 0 bridgehead atoms. The van der Waals surface area contributed by atoms with Crippen LogP contribution in [-0.2, 0) is 15.8 Å². The van der Waals surface area contributed by atoms with Gasteiger partial charge in [-0.1, -0.05) is 77.7 Å². The van der Waals surface area contributed by atoms with Gasteiger partial charge in [-0.2, -0.15) is 0 Å². The summed E-state index contributed by atoms with van der Waals surface area (Å²) in [5, 5.41) is 0.195. The van der Waals surface area contributed by atoms with E-state index in [0.29, 0.717) is 13.2 Å². The summed E-state index contributed by atoms with van der Waals surface area (Å²) in [7, 11) is -3.25. The van der Waals surface area contributed by atoms with Gasteiger partial charge in [0.1, 0.15) is 8.07 Å². The van der Waals surface area contributed by atoms with Crippen LogP contribution in [0.4, 0.5) is 0 Å². The molecular formula is C24H42O2Si2. The number of hydrogen-bond donors (Lipinski definition) is 0. The van der Waals surface area contributed by atoms with Gasteiger partial charge in [0.05, 0.1) is 12.7 Å². The van der Waals surface area contributed by atoms with E-state index < -0.39 is 16.4 Å². The number of rotatable bonds is 9. The predicted molar refractivity (Wildman–Crippen MR) is 128 cm³/mol. The first-order valence-electron chi connectivity index (χ1n) is 10.7. The maximum absolute atomic E-state index is 6.84. The molecule has 0 aromatic heterocycles. The van der Waals surface area contributed by atoms with Gasteiger partial charge in [-0.05, 0) is 36.5 Å². The Kier molecular flexibility index (Phi) is 9.69. The van der Waals surface area contributed by atoms with Crippen LogP contribution in [0.3, 0.4) is 0 Å². The molecule has 0 fully saturated rings. The Morgan fingerprint density at radius 3 is 2.11 bits per heavy atom. The summed E-state index contributed by atoms with van der Waals surface area (Å²) in [6.45, 7) is 22.1. The van der Waals surface area contributed by atoms with Gasteiger partial charge in [-0.15, -0.1) is 11.5 Å². The highest BCUT2D eigenvalue weighted by Crippen LogP contribution is 2.38. The second kappa shape index (κ2) is 10.8. The van der Waals surface area contributed by atoms with Crippen molar-refractivity contribution >= 4 is 16.4 Å². The molecule has 1 aromatic rings. The van der Waals surface area contributed by atoms with Crippen LogP contribution in [0.5, 0.6) is 0 Å². The summed E-state index contributed by atoms with van der Waals surface area (Å²) >= 11 is 0. The average Bonchev–Trinajstić information content (AvgIpc) is 2.57. The third kappa shape index (κ3) is 9.09. The fourth-order valence-electron chi connectivity index (χ4n) is 2.63. The molecular weight excluding hydrogens is 376 g/mol. The van der Waals surface area contributed by atoms with E-state index in [4.69, 9.17) is 9.16 Å². The molecule has 0 unspecified atom stereocenters. The van der Waals surface area contributed by atoms with E-state index in [2.05, 4.69) is 96.2 Å². The third-order valence-corrected chi connectivity index (χ3v) is 10.8. The van der Waals surface area contributed by atoms with Crippen LogP contribution >= 0.6 is 0 Å². The fourth-order valence-corrected chi connectivity index (χ4v) is 4.64. The van der Waals surface area contributed by atoms with Crippen molar-refractivity contribution in [3.8, 4) is 11.5 Å². The van der Waals surface area contributed by atoms with Crippen LogP contribution < -0.4 is 0 Å². The van der Waals surface area contributed by atoms with Gasteiger partial charge >= 0.3 is 0 Å². The normalized spacial score (nSPS) is 14.9. The Morgan fingerprint density at radius 2 is 1.61 bits per heavy atom. The average molecular weight is 419 g/mol. The van der Waals surface area contributed by atoms with Gasteiger partial charge in [-0.3, -0.25) is 0 Å². The van der Waals surface area contributed by atoms with Crippen molar-refractivity contribution in [2.75, 3.05) is 6.61 Å². The zero-order valence-electron chi connectivity index (χ0n) is 19.7. The third-order valence-electron chi connectivity index (χ3n) is 5.43. The first kappa shape index (κ1) is 25.2. The minimum Gasteiger partial charge on any atom is -0.413 e. The highest BCUT2D eigenvalue weighted by Gasteiger charge is 2.40. The van der Waals surface area contributed by atoms with Crippen LogP contribution in [0.15, 0.2) is 30.3 Å². The van der Waals surface area contributed by atoms with E-state index in [-0.39, 0.29) is 17.1 Å². The number of ether oxygens (including phenoxy) is 1. The molecule has 1 rings (SSSR count). The highest BCUT2D eigenvalue weighted by molar-refractivity contribution is 6.83. The van der Waals surface area contributed by atoms with Gasteiger partial charge in [-0.25, -0.2) is 0 Å². The maximum atomic E-state index is 6.84. The van der Waals surface area contributed by atoms with E-state index in [9.17, 15) is 0 Å².